The van der Waals surface area contributed by atoms with E-state index in [2.05, 4.69) is 6.58 Å². The number of rotatable bonds is 6. The van der Waals surface area contributed by atoms with Crippen LogP contribution in [-0.4, -0.2) is 22.3 Å². The summed E-state index contributed by atoms with van der Waals surface area (Å²) in [4.78, 5) is 10.5. The highest BCUT2D eigenvalue weighted by Crippen LogP contribution is 2.35. The van der Waals surface area contributed by atoms with Crippen molar-refractivity contribution in [2.24, 2.45) is 11.8 Å². The standard InChI is InChI=1S/C12H20O3/c1-2-5-10(9-6-3-4-7-9)11(13)8-12(14)15/h2,9-11,13H,1,3-8H2,(H,14,15). The Balaban J connectivity index is 2.54. The van der Waals surface area contributed by atoms with Crippen LogP contribution in [0.15, 0.2) is 12.7 Å². The van der Waals surface area contributed by atoms with E-state index in [1.165, 1.54) is 12.8 Å². The number of carbonyl (C=O) groups is 1. The van der Waals surface area contributed by atoms with Gasteiger partial charge in [0.2, 0.25) is 0 Å². The van der Waals surface area contributed by atoms with E-state index >= 15 is 0 Å². The topological polar surface area (TPSA) is 57.5 Å². The third kappa shape index (κ3) is 3.67. The highest BCUT2D eigenvalue weighted by Gasteiger charge is 2.30. The first-order valence-corrected chi connectivity index (χ1v) is 5.66. The summed E-state index contributed by atoms with van der Waals surface area (Å²) in [5, 5.41) is 18.5. The average Bonchev–Trinajstić information content (AvgIpc) is 2.65. The van der Waals surface area contributed by atoms with Gasteiger partial charge in [-0.25, -0.2) is 0 Å². The summed E-state index contributed by atoms with van der Waals surface area (Å²) in [5.74, 6) is -0.354. The largest absolute Gasteiger partial charge is 0.481 e. The molecule has 15 heavy (non-hydrogen) atoms. The van der Waals surface area contributed by atoms with Crippen LogP contribution in [0.2, 0.25) is 0 Å². The zero-order chi connectivity index (χ0) is 11.3. The van der Waals surface area contributed by atoms with Gasteiger partial charge in [-0.1, -0.05) is 31.8 Å². The number of carboxylic acid groups (broad SMARTS) is 1. The average molecular weight is 212 g/mol. The van der Waals surface area contributed by atoms with E-state index in [0.717, 1.165) is 19.3 Å². The molecule has 0 amide bonds. The summed E-state index contributed by atoms with van der Waals surface area (Å²) in [6.07, 6.45) is 6.30. The van der Waals surface area contributed by atoms with E-state index in [1.54, 1.807) is 6.08 Å². The second-order valence-corrected chi connectivity index (χ2v) is 4.40. The third-order valence-electron chi connectivity index (χ3n) is 3.32. The summed E-state index contributed by atoms with van der Waals surface area (Å²) in [6, 6.07) is 0. The predicted octanol–water partition coefficient (Wildman–Crippen LogP) is 2.20. The number of carboxylic acids is 1. The van der Waals surface area contributed by atoms with Crippen LogP contribution in [0.5, 0.6) is 0 Å². The van der Waals surface area contributed by atoms with Gasteiger partial charge in [0.1, 0.15) is 0 Å². The van der Waals surface area contributed by atoms with E-state index in [-0.39, 0.29) is 12.3 Å². The molecule has 0 radical (unpaired) electrons. The Bertz CT molecular complexity index is 219. The van der Waals surface area contributed by atoms with E-state index in [4.69, 9.17) is 5.11 Å². The van der Waals surface area contributed by atoms with Crippen molar-refractivity contribution < 1.29 is 15.0 Å². The van der Waals surface area contributed by atoms with E-state index in [0.29, 0.717) is 5.92 Å². The Kier molecular flexibility index (Phi) is 4.82. The molecular formula is C12H20O3. The number of hydrogen-bond acceptors (Lipinski definition) is 2. The molecule has 1 rings (SSSR count). The molecule has 0 saturated heterocycles. The Labute approximate surface area is 90.8 Å². The van der Waals surface area contributed by atoms with Crippen LogP contribution in [0.3, 0.4) is 0 Å². The van der Waals surface area contributed by atoms with Gasteiger partial charge in [0.15, 0.2) is 0 Å². The molecular weight excluding hydrogens is 192 g/mol. The molecule has 1 saturated carbocycles. The summed E-state index contributed by atoms with van der Waals surface area (Å²) in [5.41, 5.74) is 0. The smallest absolute Gasteiger partial charge is 0.305 e. The van der Waals surface area contributed by atoms with Crippen LogP contribution < -0.4 is 0 Å². The van der Waals surface area contributed by atoms with Crippen molar-refractivity contribution >= 4 is 5.97 Å². The Morgan fingerprint density at radius 1 is 1.47 bits per heavy atom. The maximum atomic E-state index is 10.5. The van der Waals surface area contributed by atoms with Crippen molar-refractivity contribution in [1.29, 1.82) is 0 Å². The minimum absolute atomic E-state index is 0.0844. The molecule has 2 unspecified atom stereocenters. The van der Waals surface area contributed by atoms with Gasteiger partial charge >= 0.3 is 5.97 Å². The molecule has 0 bridgehead atoms. The first-order chi connectivity index (χ1) is 7.15. The summed E-state index contributed by atoms with van der Waals surface area (Å²) in [6.45, 7) is 3.67. The summed E-state index contributed by atoms with van der Waals surface area (Å²) < 4.78 is 0. The molecule has 0 heterocycles. The van der Waals surface area contributed by atoms with Crippen LogP contribution >= 0.6 is 0 Å². The zero-order valence-corrected chi connectivity index (χ0v) is 9.06. The van der Waals surface area contributed by atoms with Crippen LogP contribution in [-0.2, 0) is 4.79 Å². The molecule has 0 spiro atoms. The number of aliphatic carboxylic acids is 1. The third-order valence-corrected chi connectivity index (χ3v) is 3.32. The lowest BCUT2D eigenvalue weighted by Crippen LogP contribution is -2.28. The molecule has 1 aliphatic rings. The number of aliphatic hydroxyl groups is 1. The summed E-state index contributed by atoms with van der Waals surface area (Å²) >= 11 is 0. The predicted molar refractivity (Wildman–Crippen MR) is 58.5 cm³/mol. The fraction of sp³-hybridized carbons (Fsp3) is 0.750. The van der Waals surface area contributed by atoms with Gasteiger partial charge in [-0.2, -0.15) is 0 Å². The molecule has 2 atom stereocenters. The molecule has 0 aliphatic heterocycles. The number of hydrogen-bond donors (Lipinski definition) is 2. The molecule has 2 N–H and O–H groups in total. The lowest BCUT2D eigenvalue weighted by Gasteiger charge is -2.26. The van der Waals surface area contributed by atoms with Crippen molar-refractivity contribution in [3.05, 3.63) is 12.7 Å². The maximum Gasteiger partial charge on any atom is 0.305 e. The van der Waals surface area contributed by atoms with Gasteiger partial charge in [-0.15, -0.1) is 6.58 Å². The van der Waals surface area contributed by atoms with Crippen molar-refractivity contribution in [2.75, 3.05) is 0 Å². The monoisotopic (exact) mass is 212 g/mol. The Hall–Kier alpha value is -0.830. The minimum Gasteiger partial charge on any atom is -0.481 e. The molecule has 1 fully saturated rings. The first kappa shape index (κ1) is 12.2. The molecule has 86 valence electrons. The highest BCUT2D eigenvalue weighted by atomic mass is 16.4. The number of aliphatic hydroxyl groups excluding tert-OH is 1. The van der Waals surface area contributed by atoms with Gasteiger partial charge in [0, 0.05) is 0 Å². The van der Waals surface area contributed by atoms with Gasteiger partial charge in [0.05, 0.1) is 12.5 Å². The van der Waals surface area contributed by atoms with Crippen LogP contribution in [0.25, 0.3) is 0 Å². The van der Waals surface area contributed by atoms with E-state index in [9.17, 15) is 9.90 Å². The first-order valence-electron chi connectivity index (χ1n) is 5.66. The molecule has 0 aromatic heterocycles. The van der Waals surface area contributed by atoms with Gasteiger partial charge in [-0.3, -0.25) is 4.79 Å². The fourth-order valence-corrected chi connectivity index (χ4v) is 2.57. The lowest BCUT2D eigenvalue weighted by atomic mass is 9.82. The second kappa shape index (κ2) is 5.91. The van der Waals surface area contributed by atoms with E-state index in [1.807, 2.05) is 0 Å². The normalized spacial score (nSPS) is 21.1. The molecule has 3 nitrogen and oxygen atoms in total. The van der Waals surface area contributed by atoms with Crippen molar-refractivity contribution in [1.82, 2.24) is 0 Å². The van der Waals surface area contributed by atoms with E-state index < -0.39 is 12.1 Å². The van der Waals surface area contributed by atoms with Crippen LogP contribution in [0.4, 0.5) is 0 Å². The van der Waals surface area contributed by atoms with Crippen LogP contribution in [0.1, 0.15) is 38.5 Å². The molecule has 0 aromatic carbocycles. The fourth-order valence-electron chi connectivity index (χ4n) is 2.57. The lowest BCUT2D eigenvalue weighted by molar-refractivity contribution is -0.140. The minimum atomic E-state index is -0.922. The SMILES string of the molecule is C=CCC(C(O)CC(=O)O)C1CCCC1. The van der Waals surface area contributed by atoms with Crippen molar-refractivity contribution in [3.8, 4) is 0 Å². The maximum absolute atomic E-state index is 10.5. The molecule has 1 aliphatic carbocycles. The Morgan fingerprint density at radius 2 is 2.07 bits per heavy atom. The van der Waals surface area contributed by atoms with Gasteiger partial charge < -0.3 is 10.2 Å². The highest BCUT2D eigenvalue weighted by molar-refractivity contribution is 5.67. The second-order valence-electron chi connectivity index (χ2n) is 4.40. The zero-order valence-electron chi connectivity index (χ0n) is 9.06. The number of allylic oxidation sites excluding steroid dienone is 1. The molecule has 3 heteroatoms. The van der Waals surface area contributed by atoms with Gasteiger partial charge in [-0.05, 0) is 18.3 Å². The van der Waals surface area contributed by atoms with Gasteiger partial charge in [0.25, 0.3) is 0 Å². The van der Waals surface area contributed by atoms with Crippen molar-refractivity contribution in [2.45, 2.75) is 44.6 Å². The Morgan fingerprint density at radius 3 is 2.53 bits per heavy atom. The van der Waals surface area contributed by atoms with Crippen molar-refractivity contribution in [3.63, 3.8) is 0 Å². The molecule has 0 aromatic rings. The quantitative estimate of drug-likeness (QED) is 0.664. The van der Waals surface area contributed by atoms with Crippen LogP contribution in [0, 0.1) is 11.8 Å². The summed E-state index contributed by atoms with van der Waals surface area (Å²) in [7, 11) is 0.